The van der Waals surface area contributed by atoms with Crippen LogP contribution in [0.1, 0.15) is 12.8 Å². The van der Waals surface area contributed by atoms with Gasteiger partial charge in [-0.2, -0.15) is 0 Å². The van der Waals surface area contributed by atoms with Crippen LogP contribution < -0.4 is 10.2 Å². The fourth-order valence-corrected chi connectivity index (χ4v) is 1.33. The summed E-state index contributed by atoms with van der Waals surface area (Å²) in [5.74, 6) is -0.674. The molecule has 0 unspecified atom stereocenters. The second-order valence-electron chi connectivity index (χ2n) is 4.02. The molecule has 0 spiro atoms. The topological polar surface area (TPSA) is 9.23 Å². The molecule has 2 rings (SSSR count). The predicted molar refractivity (Wildman–Crippen MR) is 53.3 cm³/mol. The largest absolute Gasteiger partial charge is 0.509 e. The van der Waals surface area contributed by atoms with E-state index in [1.54, 1.807) is 0 Å². The molecule has 0 saturated heterocycles. The second-order valence-corrected chi connectivity index (χ2v) is 4.02. The van der Waals surface area contributed by atoms with E-state index in [2.05, 4.69) is 0 Å². The first-order valence-electron chi connectivity index (χ1n) is 5.09. The smallest absolute Gasteiger partial charge is 0.490 e. The van der Waals surface area contributed by atoms with Crippen molar-refractivity contribution in [1.82, 2.24) is 0 Å². The molecule has 0 heterocycles. The lowest BCUT2D eigenvalue weighted by atomic mass is 9.80. The van der Waals surface area contributed by atoms with Gasteiger partial charge in [0.2, 0.25) is 0 Å². The molecule has 16 heavy (non-hydrogen) atoms. The molecule has 1 aliphatic rings. The monoisotopic (exact) mass is 233 g/mol. The van der Waals surface area contributed by atoms with Gasteiger partial charge in [0.1, 0.15) is 0 Å². The summed E-state index contributed by atoms with van der Waals surface area (Å²) in [5.41, 5.74) is -0.827. The first-order valence-corrected chi connectivity index (χ1v) is 5.09. The lowest BCUT2D eigenvalue weighted by molar-refractivity contribution is 0.285. The Balaban J connectivity index is 2.14. The van der Waals surface area contributed by atoms with Gasteiger partial charge in [-0.1, -0.05) is 6.07 Å². The third kappa shape index (κ3) is 2.68. The molecule has 1 nitrogen and oxygen atoms in total. The first-order chi connectivity index (χ1) is 7.47. The van der Waals surface area contributed by atoms with Crippen LogP contribution in [0.25, 0.3) is 0 Å². The maximum atomic E-state index is 13.1. The van der Waals surface area contributed by atoms with Crippen LogP contribution in [0.4, 0.5) is 17.3 Å². The van der Waals surface area contributed by atoms with Crippen LogP contribution in [0.15, 0.2) is 18.2 Å². The minimum atomic E-state index is -5.10. The van der Waals surface area contributed by atoms with Crippen molar-refractivity contribution in [3.8, 4) is 5.75 Å². The number of rotatable bonds is 4. The van der Waals surface area contributed by atoms with E-state index in [1.807, 2.05) is 0 Å². The van der Waals surface area contributed by atoms with Crippen molar-refractivity contribution in [1.29, 1.82) is 0 Å². The number of ether oxygens (including phenoxy) is 1. The summed E-state index contributed by atoms with van der Waals surface area (Å²) in [5, 5.41) is 0. The Morgan fingerprint density at radius 2 is 1.94 bits per heavy atom. The summed E-state index contributed by atoms with van der Waals surface area (Å²) in [7, 11) is 0. The molecule has 0 bridgehead atoms. The molecule has 1 saturated carbocycles. The van der Waals surface area contributed by atoms with Crippen molar-refractivity contribution in [2.75, 3.05) is 6.61 Å². The average molecular weight is 233 g/mol. The normalized spacial score (nSPS) is 16.2. The number of benzene rings is 1. The van der Waals surface area contributed by atoms with E-state index < -0.39 is 18.3 Å². The number of hydrogen-bond donors (Lipinski definition) is 0. The molecule has 88 valence electrons. The summed E-state index contributed by atoms with van der Waals surface area (Å²) in [6, 6.07) is 2.27. The van der Waals surface area contributed by atoms with Gasteiger partial charge in [-0.15, -0.1) is 5.46 Å². The minimum absolute atomic E-state index is 0.297. The molecule has 0 amide bonds. The van der Waals surface area contributed by atoms with Crippen LogP contribution in [0.3, 0.4) is 0 Å². The summed E-state index contributed by atoms with van der Waals surface area (Å²) in [4.78, 5) is 0. The second kappa shape index (κ2) is 3.99. The zero-order valence-corrected chi connectivity index (χ0v) is 8.43. The molecule has 6 heteroatoms. The van der Waals surface area contributed by atoms with Gasteiger partial charge < -0.3 is 17.7 Å². The van der Waals surface area contributed by atoms with Gasteiger partial charge in [-0.3, -0.25) is 0 Å². The summed E-state index contributed by atoms with van der Waals surface area (Å²) >= 11 is 0. The Hall–Kier alpha value is -1.20. The molecule has 0 radical (unpaired) electrons. The Labute approximate surface area is 90.5 Å². The molecule has 0 aromatic heterocycles. The zero-order valence-electron chi connectivity index (χ0n) is 8.43. The molecule has 1 aromatic carbocycles. The first kappa shape index (κ1) is 11.3. The van der Waals surface area contributed by atoms with Gasteiger partial charge in [0, 0.05) is 0 Å². The van der Waals surface area contributed by atoms with Crippen molar-refractivity contribution in [2.45, 2.75) is 12.8 Å². The van der Waals surface area contributed by atoms with Crippen molar-refractivity contribution in [3.05, 3.63) is 24.0 Å². The van der Waals surface area contributed by atoms with E-state index in [1.165, 1.54) is 0 Å². The molecule has 0 atom stereocenters. The van der Waals surface area contributed by atoms with Crippen LogP contribution in [0, 0.1) is 11.7 Å². The molecule has 0 aliphatic heterocycles. The van der Waals surface area contributed by atoms with Crippen LogP contribution in [-0.4, -0.2) is 13.6 Å². The average Bonchev–Trinajstić information content (AvgIpc) is 2.98. The highest BCUT2D eigenvalue weighted by Crippen LogP contribution is 2.30. The minimum Gasteiger partial charge on any atom is -0.490 e. The maximum Gasteiger partial charge on any atom is 0.509 e. The molecule has 1 aliphatic carbocycles. The van der Waals surface area contributed by atoms with Gasteiger partial charge in [-0.25, -0.2) is 4.39 Å². The standard InChI is InChI=1S/C10H10BF4O/c12-9-4-3-8(11(13,14)15)5-10(9)16-6-7-1-2-7/h3-5,7H,1-2,6H2/q-1. The van der Waals surface area contributed by atoms with Gasteiger partial charge in [0.15, 0.2) is 11.6 Å². The van der Waals surface area contributed by atoms with Gasteiger partial charge in [0.25, 0.3) is 0 Å². The van der Waals surface area contributed by atoms with E-state index >= 15 is 0 Å². The highest BCUT2D eigenvalue weighted by Gasteiger charge is 2.27. The Bertz CT molecular complexity index is 387. The van der Waals surface area contributed by atoms with Crippen LogP contribution >= 0.6 is 0 Å². The third-order valence-electron chi connectivity index (χ3n) is 2.50. The van der Waals surface area contributed by atoms with E-state index in [-0.39, 0.29) is 5.75 Å². The summed E-state index contributed by atoms with van der Waals surface area (Å²) in [6.07, 6.45) is 2.01. The van der Waals surface area contributed by atoms with Crippen LogP contribution in [0.5, 0.6) is 5.75 Å². The molecular formula is C10H10BF4O-. The molecule has 1 aromatic rings. The van der Waals surface area contributed by atoms with Crippen molar-refractivity contribution < 1.29 is 22.1 Å². The molecule has 1 fully saturated rings. The molecular weight excluding hydrogens is 223 g/mol. The fourth-order valence-electron chi connectivity index (χ4n) is 1.33. The summed E-state index contributed by atoms with van der Waals surface area (Å²) in [6.45, 7) is -4.80. The van der Waals surface area contributed by atoms with Gasteiger partial charge in [0.05, 0.1) is 6.61 Å². The SMILES string of the molecule is Fc1ccc([B-](F)(F)F)cc1OCC1CC1. The Morgan fingerprint density at radius 3 is 2.50 bits per heavy atom. The van der Waals surface area contributed by atoms with Crippen molar-refractivity contribution >= 4 is 12.4 Å². The predicted octanol–water partition coefficient (Wildman–Crippen LogP) is 2.67. The Morgan fingerprint density at radius 1 is 1.25 bits per heavy atom. The van der Waals surface area contributed by atoms with E-state index in [4.69, 9.17) is 4.74 Å². The lowest BCUT2D eigenvalue weighted by Gasteiger charge is -2.16. The number of halogens is 4. The van der Waals surface area contributed by atoms with Gasteiger partial charge >= 0.3 is 6.98 Å². The van der Waals surface area contributed by atoms with E-state index in [0.29, 0.717) is 12.5 Å². The van der Waals surface area contributed by atoms with Crippen molar-refractivity contribution in [2.24, 2.45) is 5.92 Å². The number of hydrogen-bond acceptors (Lipinski definition) is 1. The van der Waals surface area contributed by atoms with Gasteiger partial charge in [-0.05, 0) is 30.9 Å². The van der Waals surface area contributed by atoms with Crippen LogP contribution in [0.2, 0.25) is 0 Å². The van der Waals surface area contributed by atoms with Crippen molar-refractivity contribution in [3.63, 3.8) is 0 Å². The van der Waals surface area contributed by atoms with E-state index in [0.717, 1.165) is 31.0 Å². The zero-order chi connectivity index (χ0) is 11.8. The third-order valence-corrected chi connectivity index (χ3v) is 2.50. The lowest BCUT2D eigenvalue weighted by Crippen LogP contribution is -2.34. The maximum absolute atomic E-state index is 13.1. The molecule has 0 N–H and O–H groups in total. The van der Waals surface area contributed by atoms with Crippen LogP contribution in [-0.2, 0) is 0 Å². The quantitative estimate of drug-likeness (QED) is 0.573. The van der Waals surface area contributed by atoms with E-state index in [9.17, 15) is 17.3 Å². The highest BCUT2D eigenvalue weighted by molar-refractivity contribution is 6.73. The fraction of sp³-hybridized carbons (Fsp3) is 0.400. The summed E-state index contributed by atoms with van der Waals surface area (Å²) < 4.78 is 55.4. The highest BCUT2D eigenvalue weighted by atomic mass is 19.4. The Kier molecular flexibility index (Phi) is 2.82.